The molecule has 0 bridgehead atoms. The Bertz CT molecular complexity index is 321. The molecule has 1 aromatic heterocycles. The van der Waals surface area contributed by atoms with E-state index < -0.39 is 0 Å². The van der Waals surface area contributed by atoms with E-state index in [1.54, 1.807) is 0 Å². The lowest BCUT2D eigenvalue weighted by Crippen LogP contribution is -2.12. The number of nitrogens with one attached hydrogen (secondary N) is 1. The molecule has 0 aliphatic carbocycles. The molecule has 2 heterocycles. The maximum absolute atomic E-state index is 5.56. The third kappa shape index (κ3) is 4.36. The molecular weight excluding hydrogens is 232 g/mol. The number of hydrogen-bond donors (Lipinski definition) is 1. The summed E-state index contributed by atoms with van der Waals surface area (Å²) in [6.45, 7) is 1.04. The van der Waals surface area contributed by atoms with Gasteiger partial charge in [0.2, 0.25) is 0 Å². The fourth-order valence-corrected chi connectivity index (χ4v) is 3.41. The minimum absolute atomic E-state index is 0.792. The Hall–Kier alpha value is -0.480. The van der Waals surface area contributed by atoms with Crippen molar-refractivity contribution in [1.82, 2.24) is 10.3 Å². The van der Waals surface area contributed by atoms with E-state index in [0.717, 1.165) is 43.3 Å². The van der Waals surface area contributed by atoms with Crippen LogP contribution in [0.1, 0.15) is 30.8 Å². The van der Waals surface area contributed by atoms with E-state index in [-0.39, 0.29) is 0 Å². The Morgan fingerprint density at radius 3 is 3.06 bits per heavy atom. The van der Waals surface area contributed by atoms with E-state index in [2.05, 4.69) is 22.1 Å². The molecule has 0 spiro atoms. The van der Waals surface area contributed by atoms with Gasteiger partial charge in [-0.1, -0.05) is 0 Å². The maximum Gasteiger partial charge on any atom is 0.194 e. The van der Waals surface area contributed by atoms with E-state index in [1.807, 2.05) is 13.3 Å². The van der Waals surface area contributed by atoms with Crippen LogP contribution < -0.4 is 5.32 Å². The number of thioether (sulfide) groups is 1. The predicted octanol–water partition coefficient (Wildman–Crippen LogP) is 2.51. The molecule has 0 saturated carbocycles. The van der Waals surface area contributed by atoms with Gasteiger partial charge in [0.15, 0.2) is 5.89 Å². The van der Waals surface area contributed by atoms with Gasteiger partial charge in [0, 0.05) is 6.42 Å². The molecule has 0 atom stereocenters. The summed E-state index contributed by atoms with van der Waals surface area (Å²) in [5.41, 5.74) is 1.11. The van der Waals surface area contributed by atoms with E-state index in [1.165, 1.54) is 24.3 Å². The van der Waals surface area contributed by atoms with Crippen LogP contribution >= 0.6 is 11.8 Å². The topological polar surface area (TPSA) is 38.1 Å². The number of hydrogen-bond acceptors (Lipinski definition) is 4. The maximum atomic E-state index is 5.56. The van der Waals surface area contributed by atoms with Crippen LogP contribution in [0, 0.1) is 5.92 Å². The standard InChI is InChI=1S/C13H22N2OS/c1-14-6-2-3-12-10-16-13(15-12)9-11-4-7-17-8-5-11/h10-11,14H,2-9H2,1H3. The fourth-order valence-electron chi connectivity index (χ4n) is 2.20. The lowest BCUT2D eigenvalue weighted by atomic mass is 9.99. The first-order valence-corrected chi connectivity index (χ1v) is 7.69. The van der Waals surface area contributed by atoms with Crippen LogP contribution in [0.4, 0.5) is 0 Å². The molecule has 1 aliphatic heterocycles. The number of aromatic nitrogens is 1. The second kappa shape index (κ2) is 7.07. The van der Waals surface area contributed by atoms with Crippen molar-refractivity contribution in [3.63, 3.8) is 0 Å². The van der Waals surface area contributed by atoms with Crippen molar-refractivity contribution in [3.05, 3.63) is 17.8 Å². The van der Waals surface area contributed by atoms with E-state index in [4.69, 9.17) is 4.42 Å². The first kappa shape index (κ1) is 13.0. The average Bonchev–Trinajstić information content (AvgIpc) is 2.79. The minimum atomic E-state index is 0.792. The van der Waals surface area contributed by atoms with Gasteiger partial charge < -0.3 is 9.73 Å². The normalized spacial score (nSPS) is 17.5. The SMILES string of the molecule is CNCCCc1coc(CC2CCSCC2)n1. The van der Waals surface area contributed by atoms with Crippen molar-refractivity contribution in [2.24, 2.45) is 5.92 Å². The summed E-state index contributed by atoms with van der Waals surface area (Å²) in [7, 11) is 1.98. The zero-order valence-electron chi connectivity index (χ0n) is 10.6. The third-order valence-electron chi connectivity index (χ3n) is 3.26. The van der Waals surface area contributed by atoms with Crippen molar-refractivity contribution in [3.8, 4) is 0 Å². The minimum Gasteiger partial charge on any atom is -0.449 e. The summed E-state index contributed by atoms with van der Waals surface area (Å²) in [5, 5.41) is 3.15. The number of aryl methyl sites for hydroxylation is 1. The van der Waals surface area contributed by atoms with E-state index in [9.17, 15) is 0 Å². The van der Waals surface area contributed by atoms with Crippen LogP contribution in [-0.2, 0) is 12.8 Å². The van der Waals surface area contributed by atoms with Crippen molar-refractivity contribution < 1.29 is 4.42 Å². The molecular formula is C13H22N2OS. The lowest BCUT2D eigenvalue weighted by Gasteiger charge is -2.19. The summed E-state index contributed by atoms with van der Waals surface area (Å²) < 4.78 is 5.56. The highest BCUT2D eigenvalue weighted by molar-refractivity contribution is 7.99. The van der Waals surface area contributed by atoms with Crippen molar-refractivity contribution in [2.75, 3.05) is 25.1 Å². The van der Waals surface area contributed by atoms with Crippen LogP contribution in [0.2, 0.25) is 0 Å². The molecule has 17 heavy (non-hydrogen) atoms. The zero-order valence-corrected chi connectivity index (χ0v) is 11.4. The van der Waals surface area contributed by atoms with Crippen LogP contribution in [0.5, 0.6) is 0 Å². The molecule has 96 valence electrons. The van der Waals surface area contributed by atoms with Crippen LogP contribution in [0.3, 0.4) is 0 Å². The van der Waals surface area contributed by atoms with Crippen LogP contribution in [0.25, 0.3) is 0 Å². The number of nitrogens with zero attached hydrogens (tertiary/aromatic N) is 1. The van der Waals surface area contributed by atoms with Gasteiger partial charge in [-0.05, 0) is 56.7 Å². The molecule has 1 saturated heterocycles. The first-order chi connectivity index (χ1) is 8.38. The highest BCUT2D eigenvalue weighted by atomic mass is 32.2. The Labute approximate surface area is 108 Å². The average molecular weight is 254 g/mol. The number of rotatable bonds is 6. The molecule has 0 unspecified atom stereocenters. The Morgan fingerprint density at radius 1 is 1.47 bits per heavy atom. The lowest BCUT2D eigenvalue weighted by molar-refractivity contribution is 0.408. The van der Waals surface area contributed by atoms with Gasteiger partial charge in [-0.25, -0.2) is 4.98 Å². The fraction of sp³-hybridized carbons (Fsp3) is 0.769. The van der Waals surface area contributed by atoms with Gasteiger partial charge in [-0.2, -0.15) is 11.8 Å². The van der Waals surface area contributed by atoms with Gasteiger partial charge in [-0.3, -0.25) is 0 Å². The molecule has 1 aliphatic rings. The molecule has 0 radical (unpaired) electrons. The Balaban J connectivity index is 1.76. The van der Waals surface area contributed by atoms with Gasteiger partial charge in [0.1, 0.15) is 6.26 Å². The summed E-state index contributed by atoms with van der Waals surface area (Å²) in [5.74, 6) is 4.35. The Morgan fingerprint density at radius 2 is 2.29 bits per heavy atom. The first-order valence-electron chi connectivity index (χ1n) is 6.54. The monoisotopic (exact) mass is 254 g/mol. The molecule has 1 aromatic rings. The third-order valence-corrected chi connectivity index (χ3v) is 4.31. The molecule has 4 heteroatoms. The summed E-state index contributed by atoms with van der Waals surface area (Å²) in [4.78, 5) is 4.57. The summed E-state index contributed by atoms with van der Waals surface area (Å²) >= 11 is 2.07. The van der Waals surface area contributed by atoms with Gasteiger partial charge in [-0.15, -0.1) is 0 Å². The molecule has 3 nitrogen and oxygen atoms in total. The summed E-state index contributed by atoms with van der Waals surface area (Å²) in [6.07, 6.45) is 7.66. The second-order valence-electron chi connectivity index (χ2n) is 4.70. The highest BCUT2D eigenvalue weighted by Gasteiger charge is 2.16. The molecule has 1 N–H and O–H groups in total. The van der Waals surface area contributed by atoms with Crippen LogP contribution in [-0.4, -0.2) is 30.1 Å². The molecule has 0 amide bonds. The Kier molecular flexibility index (Phi) is 5.39. The predicted molar refractivity (Wildman–Crippen MR) is 72.5 cm³/mol. The molecule has 2 rings (SSSR count). The van der Waals surface area contributed by atoms with Crippen molar-refractivity contribution in [2.45, 2.75) is 32.1 Å². The highest BCUT2D eigenvalue weighted by Crippen LogP contribution is 2.25. The van der Waals surface area contributed by atoms with Gasteiger partial charge >= 0.3 is 0 Å². The molecule has 1 fully saturated rings. The van der Waals surface area contributed by atoms with Crippen molar-refractivity contribution in [1.29, 1.82) is 0 Å². The largest absolute Gasteiger partial charge is 0.449 e. The summed E-state index contributed by atoms with van der Waals surface area (Å²) in [6, 6.07) is 0. The van der Waals surface area contributed by atoms with Gasteiger partial charge in [0.25, 0.3) is 0 Å². The van der Waals surface area contributed by atoms with E-state index in [0.29, 0.717) is 0 Å². The zero-order chi connectivity index (χ0) is 11.9. The van der Waals surface area contributed by atoms with E-state index >= 15 is 0 Å². The van der Waals surface area contributed by atoms with Crippen LogP contribution in [0.15, 0.2) is 10.7 Å². The number of oxazole rings is 1. The second-order valence-corrected chi connectivity index (χ2v) is 5.92. The molecule has 0 aromatic carbocycles. The quantitative estimate of drug-likeness (QED) is 0.792. The smallest absolute Gasteiger partial charge is 0.194 e. The van der Waals surface area contributed by atoms with Gasteiger partial charge in [0.05, 0.1) is 5.69 Å². The van der Waals surface area contributed by atoms with Crippen molar-refractivity contribution >= 4 is 11.8 Å².